The van der Waals surface area contributed by atoms with Crippen LogP contribution in [-0.2, 0) is 0 Å². The van der Waals surface area contributed by atoms with Crippen LogP contribution in [-0.4, -0.2) is 49.1 Å². The fourth-order valence-corrected chi connectivity index (χ4v) is 3.67. The van der Waals surface area contributed by atoms with Crippen LogP contribution >= 0.6 is 0 Å². The lowest BCUT2D eigenvalue weighted by Gasteiger charge is -2.31. The van der Waals surface area contributed by atoms with Gasteiger partial charge in [-0.05, 0) is 43.6 Å². The Morgan fingerprint density at radius 2 is 1.42 bits per heavy atom. The minimum absolute atomic E-state index is 0.349. The Bertz CT molecular complexity index is 545. The van der Waals surface area contributed by atoms with Crippen molar-refractivity contribution in [3.8, 4) is 0 Å². The third kappa shape index (κ3) is 4.44. The van der Waals surface area contributed by atoms with Crippen LogP contribution < -0.4 is 5.73 Å². The largest absolute Gasteiger partial charge is 0.330 e. The van der Waals surface area contributed by atoms with E-state index in [9.17, 15) is 0 Å². The minimum Gasteiger partial charge on any atom is -0.330 e. The van der Waals surface area contributed by atoms with Crippen LogP contribution in [0, 0.1) is 0 Å². The summed E-state index contributed by atoms with van der Waals surface area (Å²) in [6, 6.07) is 22.2. The lowest BCUT2D eigenvalue weighted by atomic mass is 9.97. The van der Waals surface area contributed by atoms with Crippen molar-refractivity contribution in [1.29, 1.82) is 0 Å². The van der Waals surface area contributed by atoms with Crippen LogP contribution in [0.3, 0.4) is 0 Å². The Morgan fingerprint density at radius 1 is 0.792 bits per heavy atom. The maximum Gasteiger partial charge on any atom is 0.0602 e. The molecule has 2 N–H and O–H groups in total. The van der Waals surface area contributed by atoms with E-state index < -0.39 is 0 Å². The zero-order valence-electron chi connectivity index (χ0n) is 14.5. The van der Waals surface area contributed by atoms with Crippen LogP contribution in [0.5, 0.6) is 0 Å². The lowest BCUT2D eigenvalue weighted by molar-refractivity contribution is 0.222. The summed E-state index contributed by atoms with van der Waals surface area (Å²) in [5.74, 6) is 0. The highest BCUT2D eigenvalue weighted by Gasteiger charge is 2.24. The standard InChI is InChI=1S/C21H29N3/c22-13-7-14-23-15-8-16-24(18-17-23)21(19-9-3-1-4-10-19)20-11-5-2-6-12-20/h1-6,9-12,21H,7-8,13-18,22H2. The highest BCUT2D eigenvalue weighted by molar-refractivity contribution is 5.31. The molecule has 3 heteroatoms. The van der Waals surface area contributed by atoms with Crippen molar-refractivity contribution in [1.82, 2.24) is 9.80 Å². The van der Waals surface area contributed by atoms with Crippen LogP contribution in [0.15, 0.2) is 60.7 Å². The molecular formula is C21H29N3. The molecule has 1 saturated heterocycles. The number of nitrogens with zero attached hydrogens (tertiary/aromatic N) is 2. The smallest absolute Gasteiger partial charge is 0.0602 e. The van der Waals surface area contributed by atoms with Crippen LogP contribution in [0.4, 0.5) is 0 Å². The number of hydrogen-bond acceptors (Lipinski definition) is 3. The number of rotatable bonds is 6. The molecule has 0 spiro atoms. The Labute approximate surface area is 146 Å². The quantitative estimate of drug-likeness (QED) is 0.886. The molecule has 2 aromatic rings. The molecule has 1 aliphatic heterocycles. The third-order valence-electron chi connectivity index (χ3n) is 4.90. The Morgan fingerprint density at radius 3 is 2.00 bits per heavy atom. The van der Waals surface area contributed by atoms with Gasteiger partial charge in [0.2, 0.25) is 0 Å². The zero-order chi connectivity index (χ0) is 16.6. The molecule has 0 unspecified atom stereocenters. The van der Waals surface area contributed by atoms with Gasteiger partial charge in [0, 0.05) is 19.6 Å². The van der Waals surface area contributed by atoms with Gasteiger partial charge in [-0.2, -0.15) is 0 Å². The van der Waals surface area contributed by atoms with Gasteiger partial charge in [-0.25, -0.2) is 0 Å². The molecule has 0 aliphatic carbocycles. The topological polar surface area (TPSA) is 32.5 Å². The molecule has 0 atom stereocenters. The second kappa shape index (κ2) is 8.97. The summed E-state index contributed by atoms with van der Waals surface area (Å²) in [5.41, 5.74) is 8.45. The molecule has 0 saturated carbocycles. The Hall–Kier alpha value is -1.68. The SMILES string of the molecule is NCCCN1CCCN(C(c2ccccc2)c2ccccc2)CC1. The first kappa shape index (κ1) is 17.2. The van der Waals surface area contributed by atoms with Gasteiger partial charge in [-0.1, -0.05) is 60.7 Å². The number of nitrogens with two attached hydrogens (primary N) is 1. The molecule has 24 heavy (non-hydrogen) atoms. The van der Waals surface area contributed by atoms with Crippen molar-refractivity contribution >= 4 is 0 Å². The van der Waals surface area contributed by atoms with Crippen molar-refractivity contribution in [2.45, 2.75) is 18.9 Å². The number of benzene rings is 2. The Kier molecular flexibility index (Phi) is 6.41. The van der Waals surface area contributed by atoms with Gasteiger partial charge in [0.15, 0.2) is 0 Å². The van der Waals surface area contributed by atoms with E-state index in [-0.39, 0.29) is 0 Å². The third-order valence-corrected chi connectivity index (χ3v) is 4.90. The molecule has 3 rings (SSSR count). The molecule has 1 fully saturated rings. The molecule has 3 nitrogen and oxygen atoms in total. The second-order valence-electron chi connectivity index (χ2n) is 6.60. The normalized spacial score (nSPS) is 17.1. The van der Waals surface area contributed by atoms with Crippen molar-refractivity contribution in [3.05, 3.63) is 71.8 Å². The predicted molar refractivity (Wildman–Crippen MR) is 101 cm³/mol. The summed E-state index contributed by atoms with van der Waals surface area (Å²) in [5, 5.41) is 0. The first-order valence-electron chi connectivity index (χ1n) is 9.15. The predicted octanol–water partition coefficient (Wildman–Crippen LogP) is 3.13. The van der Waals surface area contributed by atoms with Gasteiger partial charge >= 0.3 is 0 Å². The lowest BCUT2D eigenvalue weighted by Crippen LogP contribution is -2.34. The zero-order valence-corrected chi connectivity index (χ0v) is 14.5. The molecule has 0 amide bonds. The second-order valence-corrected chi connectivity index (χ2v) is 6.60. The van der Waals surface area contributed by atoms with Gasteiger partial charge in [-0.3, -0.25) is 4.90 Å². The van der Waals surface area contributed by atoms with E-state index in [1.807, 2.05) is 0 Å². The maximum absolute atomic E-state index is 5.68. The molecule has 1 heterocycles. The van der Waals surface area contributed by atoms with E-state index in [2.05, 4.69) is 70.5 Å². The van der Waals surface area contributed by atoms with Crippen molar-refractivity contribution in [2.24, 2.45) is 5.73 Å². The molecule has 0 bridgehead atoms. The number of hydrogen-bond donors (Lipinski definition) is 1. The molecule has 128 valence electrons. The average molecular weight is 323 g/mol. The van der Waals surface area contributed by atoms with Gasteiger partial charge in [0.05, 0.1) is 6.04 Å². The first-order chi connectivity index (χ1) is 11.9. The van der Waals surface area contributed by atoms with Crippen molar-refractivity contribution < 1.29 is 0 Å². The minimum atomic E-state index is 0.349. The van der Waals surface area contributed by atoms with Crippen LogP contribution in [0.25, 0.3) is 0 Å². The average Bonchev–Trinajstić information content (AvgIpc) is 2.88. The molecular weight excluding hydrogens is 294 g/mol. The molecule has 2 aromatic carbocycles. The highest BCUT2D eigenvalue weighted by Crippen LogP contribution is 2.29. The Balaban J connectivity index is 1.79. The van der Waals surface area contributed by atoms with Gasteiger partial charge in [-0.15, -0.1) is 0 Å². The fourth-order valence-electron chi connectivity index (χ4n) is 3.67. The maximum atomic E-state index is 5.68. The summed E-state index contributed by atoms with van der Waals surface area (Å²) < 4.78 is 0. The molecule has 1 aliphatic rings. The highest BCUT2D eigenvalue weighted by atomic mass is 15.2. The van der Waals surface area contributed by atoms with Gasteiger partial charge in [0.1, 0.15) is 0 Å². The van der Waals surface area contributed by atoms with Crippen LogP contribution in [0.2, 0.25) is 0 Å². The van der Waals surface area contributed by atoms with Gasteiger partial charge < -0.3 is 10.6 Å². The monoisotopic (exact) mass is 323 g/mol. The van der Waals surface area contributed by atoms with E-state index in [1.165, 1.54) is 24.1 Å². The summed E-state index contributed by atoms with van der Waals surface area (Å²) in [7, 11) is 0. The fraction of sp³-hybridized carbons (Fsp3) is 0.429. The summed E-state index contributed by atoms with van der Waals surface area (Å²) in [4.78, 5) is 5.22. The van der Waals surface area contributed by atoms with E-state index >= 15 is 0 Å². The van der Waals surface area contributed by atoms with E-state index in [4.69, 9.17) is 5.73 Å². The summed E-state index contributed by atoms with van der Waals surface area (Å²) in [6.07, 6.45) is 2.32. The molecule has 0 aromatic heterocycles. The van der Waals surface area contributed by atoms with E-state index in [0.29, 0.717) is 6.04 Å². The van der Waals surface area contributed by atoms with E-state index in [0.717, 1.165) is 39.1 Å². The molecule has 0 radical (unpaired) electrons. The summed E-state index contributed by atoms with van der Waals surface area (Å²) in [6.45, 7) is 6.50. The van der Waals surface area contributed by atoms with Crippen molar-refractivity contribution in [2.75, 3.05) is 39.3 Å². The first-order valence-corrected chi connectivity index (χ1v) is 9.15. The van der Waals surface area contributed by atoms with Crippen LogP contribution in [0.1, 0.15) is 30.0 Å². The van der Waals surface area contributed by atoms with Crippen molar-refractivity contribution in [3.63, 3.8) is 0 Å². The van der Waals surface area contributed by atoms with E-state index in [1.54, 1.807) is 0 Å². The summed E-state index contributed by atoms with van der Waals surface area (Å²) >= 11 is 0. The van der Waals surface area contributed by atoms with Gasteiger partial charge in [0.25, 0.3) is 0 Å².